The second-order valence-electron chi connectivity index (χ2n) is 3.82. The highest BCUT2D eigenvalue weighted by molar-refractivity contribution is 5.49. The van der Waals surface area contributed by atoms with Crippen LogP contribution in [0.1, 0.15) is 24.3 Å². The van der Waals surface area contributed by atoms with Crippen LogP contribution in [0.3, 0.4) is 0 Å². The minimum Gasteiger partial charge on any atom is -0.398 e. The number of anilines is 1. The van der Waals surface area contributed by atoms with Gasteiger partial charge in [0.25, 0.3) is 0 Å². The molecule has 1 atom stereocenters. The molecule has 0 aromatic heterocycles. The average Bonchev–Trinajstić information content (AvgIpc) is 2.19. The summed E-state index contributed by atoms with van der Waals surface area (Å²) >= 11 is 0. The van der Waals surface area contributed by atoms with E-state index in [1.807, 2.05) is 6.07 Å². The van der Waals surface area contributed by atoms with Gasteiger partial charge in [0, 0.05) is 12.2 Å². The van der Waals surface area contributed by atoms with E-state index >= 15 is 0 Å². The van der Waals surface area contributed by atoms with Crippen LogP contribution in [0.5, 0.6) is 0 Å². The summed E-state index contributed by atoms with van der Waals surface area (Å²) in [5.41, 5.74) is 7.45. The van der Waals surface area contributed by atoms with Crippen molar-refractivity contribution in [2.45, 2.75) is 18.8 Å². The molecule has 1 heterocycles. The van der Waals surface area contributed by atoms with Crippen LogP contribution < -0.4 is 11.1 Å². The van der Waals surface area contributed by atoms with Crippen molar-refractivity contribution in [2.75, 3.05) is 18.8 Å². The maximum absolute atomic E-state index is 12.8. The van der Waals surface area contributed by atoms with E-state index in [0.717, 1.165) is 25.1 Å². The Morgan fingerprint density at radius 1 is 1.43 bits per heavy atom. The van der Waals surface area contributed by atoms with Gasteiger partial charge >= 0.3 is 0 Å². The van der Waals surface area contributed by atoms with E-state index in [1.54, 1.807) is 0 Å². The van der Waals surface area contributed by atoms with Gasteiger partial charge in [-0.15, -0.1) is 0 Å². The number of halogens is 1. The standard InChI is InChI=1S/C11H15FN2/c12-9-3-4-10(11(13)6-9)8-2-1-5-14-7-8/h3-4,6,8,14H,1-2,5,7,13H2/t8-/m0/s1. The second-order valence-corrected chi connectivity index (χ2v) is 3.82. The smallest absolute Gasteiger partial charge is 0.125 e. The first-order chi connectivity index (χ1) is 6.77. The first kappa shape index (κ1) is 9.46. The molecule has 0 bridgehead atoms. The van der Waals surface area contributed by atoms with E-state index in [4.69, 9.17) is 5.73 Å². The third-order valence-electron chi connectivity index (χ3n) is 2.79. The fourth-order valence-corrected chi connectivity index (χ4v) is 2.03. The molecular weight excluding hydrogens is 179 g/mol. The zero-order valence-corrected chi connectivity index (χ0v) is 8.09. The molecule has 1 fully saturated rings. The van der Waals surface area contributed by atoms with Crippen LogP contribution in [0.4, 0.5) is 10.1 Å². The summed E-state index contributed by atoms with van der Waals surface area (Å²) < 4.78 is 12.8. The molecule has 0 radical (unpaired) electrons. The molecular formula is C11H15FN2. The van der Waals surface area contributed by atoms with Crippen molar-refractivity contribution in [2.24, 2.45) is 0 Å². The topological polar surface area (TPSA) is 38.0 Å². The maximum Gasteiger partial charge on any atom is 0.125 e. The van der Waals surface area contributed by atoms with E-state index in [9.17, 15) is 4.39 Å². The number of piperidine rings is 1. The molecule has 0 spiro atoms. The summed E-state index contributed by atoms with van der Waals surface area (Å²) in [5.74, 6) is 0.194. The number of hydrogen-bond donors (Lipinski definition) is 2. The summed E-state index contributed by atoms with van der Waals surface area (Å²) in [6.45, 7) is 2.04. The molecule has 2 rings (SSSR count). The third-order valence-corrected chi connectivity index (χ3v) is 2.79. The number of hydrogen-bond acceptors (Lipinski definition) is 2. The fraction of sp³-hybridized carbons (Fsp3) is 0.455. The Bertz CT molecular complexity index is 319. The normalized spacial score (nSPS) is 22.2. The largest absolute Gasteiger partial charge is 0.398 e. The van der Waals surface area contributed by atoms with Gasteiger partial charge in [-0.3, -0.25) is 0 Å². The van der Waals surface area contributed by atoms with Gasteiger partial charge in [-0.05, 0) is 43.0 Å². The zero-order valence-electron chi connectivity index (χ0n) is 8.09. The minimum atomic E-state index is -0.255. The van der Waals surface area contributed by atoms with Gasteiger partial charge in [-0.1, -0.05) is 6.07 Å². The molecule has 1 aliphatic heterocycles. The summed E-state index contributed by atoms with van der Waals surface area (Å²) in [4.78, 5) is 0. The fourth-order valence-electron chi connectivity index (χ4n) is 2.03. The number of rotatable bonds is 1. The van der Waals surface area contributed by atoms with Crippen LogP contribution >= 0.6 is 0 Å². The monoisotopic (exact) mass is 194 g/mol. The van der Waals surface area contributed by atoms with E-state index in [2.05, 4.69) is 5.32 Å². The third kappa shape index (κ3) is 1.87. The Morgan fingerprint density at radius 3 is 2.93 bits per heavy atom. The summed E-state index contributed by atoms with van der Waals surface area (Å²) in [6, 6.07) is 4.70. The molecule has 76 valence electrons. The molecule has 0 amide bonds. The average molecular weight is 194 g/mol. The minimum absolute atomic E-state index is 0.255. The van der Waals surface area contributed by atoms with Crippen LogP contribution in [-0.4, -0.2) is 13.1 Å². The molecule has 0 unspecified atom stereocenters. The van der Waals surface area contributed by atoms with Crippen LogP contribution in [0.15, 0.2) is 18.2 Å². The van der Waals surface area contributed by atoms with Crippen molar-refractivity contribution in [3.63, 3.8) is 0 Å². The van der Waals surface area contributed by atoms with Crippen molar-refractivity contribution < 1.29 is 4.39 Å². The molecule has 1 aromatic carbocycles. The first-order valence-electron chi connectivity index (χ1n) is 5.03. The van der Waals surface area contributed by atoms with Gasteiger partial charge in [0.15, 0.2) is 0 Å². The van der Waals surface area contributed by atoms with Gasteiger partial charge in [0.05, 0.1) is 0 Å². The van der Waals surface area contributed by atoms with Gasteiger partial charge in [-0.25, -0.2) is 4.39 Å². The van der Waals surface area contributed by atoms with Gasteiger partial charge in [-0.2, -0.15) is 0 Å². The Hall–Kier alpha value is -1.09. The van der Waals surface area contributed by atoms with Crippen LogP contribution in [0.2, 0.25) is 0 Å². The van der Waals surface area contributed by atoms with E-state index in [1.165, 1.54) is 18.6 Å². The highest BCUT2D eigenvalue weighted by Crippen LogP contribution is 2.28. The Kier molecular flexibility index (Phi) is 2.68. The lowest BCUT2D eigenvalue weighted by Gasteiger charge is -2.24. The highest BCUT2D eigenvalue weighted by atomic mass is 19.1. The SMILES string of the molecule is Nc1cc(F)ccc1[C@H]1CCCNC1. The van der Waals surface area contributed by atoms with E-state index in [-0.39, 0.29) is 5.82 Å². The predicted octanol–water partition coefficient (Wildman–Crippen LogP) is 1.87. The Morgan fingerprint density at radius 2 is 2.29 bits per heavy atom. The number of benzene rings is 1. The van der Waals surface area contributed by atoms with Gasteiger partial charge < -0.3 is 11.1 Å². The summed E-state index contributed by atoms with van der Waals surface area (Å²) in [5, 5.41) is 3.33. The highest BCUT2D eigenvalue weighted by Gasteiger charge is 2.17. The predicted molar refractivity (Wildman–Crippen MR) is 55.7 cm³/mol. The first-order valence-corrected chi connectivity index (χ1v) is 5.03. The summed E-state index contributed by atoms with van der Waals surface area (Å²) in [6.07, 6.45) is 2.31. The Labute approximate surface area is 83.3 Å². The van der Waals surface area contributed by atoms with Crippen molar-refractivity contribution in [1.29, 1.82) is 0 Å². The Balaban J connectivity index is 2.22. The van der Waals surface area contributed by atoms with Gasteiger partial charge in [0.2, 0.25) is 0 Å². The molecule has 2 nitrogen and oxygen atoms in total. The van der Waals surface area contributed by atoms with Crippen LogP contribution in [-0.2, 0) is 0 Å². The molecule has 1 saturated heterocycles. The molecule has 0 saturated carbocycles. The van der Waals surface area contributed by atoms with Crippen LogP contribution in [0, 0.1) is 5.82 Å². The molecule has 14 heavy (non-hydrogen) atoms. The van der Waals surface area contributed by atoms with Crippen LogP contribution in [0.25, 0.3) is 0 Å². The quantitative estimate of drug-likeness (QED) is 0.670. The zero-order chi connectivity index (χ0) is 9.97. The molecule has 1 aliphatic rings. The van der Waals surface area contributed by atoms with E-state index < -0.39 is 0 Å². The molecule has 0 aliphatic carbocycles. The second kappa shape index (κ2) is 3.96. The lowest BCUT2D eigenvalue weighted by atomic mass is 9.90. The number of nitrogen functional groups attached to an aromatic ring is 1. The molecule has 3 heteroatoms. The molecule has 3 N–H and O–H groups in total. The van der Waals surface area contributed by atoms with Gasteiger partial charge in [0.1, 0.15) is 5.82 Å². The number of nitrogens with two attached hydrogens (primary N) is 1. The lowest BCUT2D eigenvalue weighted by Crippen LogP contribution is -2.28. The lowest BCUT2D eigenvalue weighted by molar-refractivity contribution is 0.462. The maximum atomic E-state index is 12.8. The summed E-state index contributed by atoms with van der Waals surface area (Å²) in [7, 11) is 0. The van der Waals surface area contributed by atoms with Crippen molar-refractivity contribution in [3.05, 3.63) is 29.6 Å². The van der Waals surface area contributed by atoms with Crippen molar-refractivity contribution in [3.8, 4) is 0 Å². The van der Waals surface area contributed by atoms with E-state index in [0.29, 0.717) is 11.6 Å². The van der Waals surface area contributed by atoms with Crippen molar-refractivity contribution >= 4 is 5.69 Å². The molecule has 1 aromatic rings. The van der Waals surface area contributed by atoms with Crippen molar-refractivity contribution in [1.82, 2.24) is 5.32 Å². The number of nitrogens with one attached hydrogen (secondary N) is 1.